The number of guanidine groups is 1. The number of carbonyl (C=O) groups is 1. The van der Waals surface area contributed by atoms with Gasteiger partial charge >= 0.3 is 0 Å². The fourth-order valence-corrected chi connectivity index (χ4v) is 3.86. The van der Waals surface area contributed by atoms with E-state index in [1.54, 1.807) is 12.4 Å². The van der Waals surface area contributed by atoms with E-state index >= 15 is 0 Å². The number of aliphatic imine (C=N–C) groups is 1. The average molecular weight is 521 g/mol. The fourth-order valence-electron chi connectivity index (χ4n) is 3.86. The normalized spacial score (nSPS) is 18.5. The van der Waals surface area contributed by atoms with Crippen molar-refractivity contribution >= 4 is 47.5 Å². The summed E-state index contributed by atoms with van der Waals surface area (Å²) >= 11 is 0. The summed E-state index contributed by atoms with van der Waals surface area (Å²) in [7, 11) is 0. The van der Waals surface area contributed by atoms with Gasteiger partial charge in [-0.25, -0.2) is 9.97 Å². The van der Waals surface area contributed by atoms with E-state index in [0.29, 0.717) is 13.0 Å². The van der Waals surface area contributed by atoms with Crippen molar-refractivity contribution in [3.05, 3.63) is 48.3 Å². The molecule has 8 nitrogen and oxygen atoms in total. The van der Waals surface area contributed by atoms with Crippen molar-refractivity contribution in [1.82, 2.24) is 20.2 Å². The van der Waals surface area contributed by atoms with Crippen LogP contribution in [0.5, 0.6) is 0 Å². The van der Waals surface area contributed by atoms with E-state index in [0.717, 1.165) is 55.9 Å². The Morgan fingerprint density at radius 2 is 1.90 bits per heavy atom. The van der Waals surface area contributed by atoms with E-state index in [1.165, 1.54) is 0 Å². The first-order valence-corrected chi connectivity index (χ1v) is 10.2. The minimum Gasteiger partial charge on any atom is -0.357 e. The predicted octanol–water partition coefficient (Wildman–Crippen LogP) is 2.31. The molecule has 1 fully saturated rings. The van der Waals surface area contributed by atoms with Gasteiger partial charge in [0.1, 0.15) is 0 Å². The molecule has 9 heteroatoms. The number of hydrogen-bond acceptors (Lipinski definition) is 5. The lowest BCUT2D eigenvalue weighted by molar-refractivity contribution is -0.117. The number of benzene rings is 1. The zero-order valence-corrected chi connectivity index (χ0v) is 19.5. The summed E-state index contributed by atoms with van der Waals surface area (Å²) in [6.07, 6.45) is 4.25. The maximum absolute atomic E-state index is 12.3. The number of nitrogens with zero attached hydrogens (tertiary/aromatic N) is 5. The van der Waals surface area contributed by atoms with Gasteiger partial charge in [-0.15, -0.1) is 24.0 Å². The molecule has 2 aromatic rings. The zero-order chi connectivity index (χ0) is 20.1. The van der Waals surface area contributed by atoms with Crippen LogP contribution in [0, 0.1) is 0 Å². The van der Waals surface area contributed by atoms with Gasteiger partial charge in [0.25, 0.3) is 0 Å². The van der Waals surface area contributed by atoms with Gasteiger partial charge in [0.15, 0.2) is 5.96 Å². The Hall–Kier alpha value is -2.43. The van der Waals surface area contributed by atoms with Gasteiger partial charge in [-0.3, -0.25) is 9.79 Å². The molecule has 0 bridgehead atoms. The number of carbonyl (C=O) groups excluding carboxylic acids is 1. The lowest BCUT2D eigenvalue weighted by Gasteiger charge is -2.36. The van der Waals surface area contributed by atoms with Crippen LogP contribution in [0.4, 0.5) is 11.6 Å². The number of amides is 1. The van der Waals surface area contributed by atoms with Crippen LogP contribution in [0.1, 0.15) is 24.8 Å². The molecular formula is C21H28IN7O. The molecule has 160 valence electrons. The number of rotatable bonds is 5. The molecule has 0 aliphatic carbocycles. The summed E-state index contributed by atoms with van der Waals surface area (Å²) in [5.41, 5.74) is 2.01. The van der Waals surface area contributed by atoms with Gasteiger partial charge in [0, 0.05) is 57.3 Å². The smallest absolute Gasteiger partial charge is 0.232 e. The molecule has 2 N–H and O–H groups in total. The second kappa shape index (κ2) is 10.6. The van der Waals surface area contributed by atoms with Crippen LogP contribution in [0.3, 0.4) is 0 Å². The van der Waals surface area contributed by atoms with Gasteiger partial charge in [-0.1, -0.05) is 18.2 Å². The van der Waals surface area contributed by atoms with Gasteiger partial charge < -0.3 is 20.4 Å². The van der Waals surface area contributed by atoms with E-state index in [1.807, 2.05) is 30.3 Å². The molecule has 1 aromatic heterocycles. The Balaban J connectivity index is 0.00000256. The third-order valence-electron chi connectivity index (χ3n) is 5.34. The lowest BCUT2D eigenvalue weighted by Crippen LogP contribution is -2.53. The summed E-state index contributed by atoms with van der Waals surface area (Å²) in [5, 5.41) is 6.35. The average Bonchev–Trinajstić information content (AvgIpc) is 3.09. The number of piperazine rings is 1. The standard InChI is InChI=1S/C21H27N7O.HI/c1-2-22-20(27-12-14-28(15-13-27)21-23-9-5-10-24-21)25-11-8-17-16-6-3-4-7-18(16)26-19(17)29;/h3-7,9-10,17H,2,8,11-15H2,1H3,(H,22,25)(H,26,29);1H. The van der Waals surface area contributed by atoms with Crippen molar-refractivity contribution in [1.29, 1.82) is 0 Å². The SMILES string of the molecule is CCNC(=NCCC1C(=O)Nc2ccccc21)N1CCN(c2ncccn2)CC1.I. The van der Waals surface area contributed by atoms with Crippen LogP contribution >= 0.6 is 24.0 Å². The Morgan fingerprint density at radius 1 is 1.17 bits per heavy atom. The molecule has 0 spiro atoms. The molecule has 1 atom stereocenters. The van der Waals surface area contributed by atoms with Crippen molar-refractivity contribution in [2.45, 2.75) is 19.3 Å². The first-order chi connectivity index (χ1) is 14.3. The summed E-state index contributed by atoms with van der Waals surface area (Å²) in [6, 6.07) is 9.74. The van der Waals surface area contributed by atoms with Crippen LogP contribution < -0.4 is 15.5 Å². The van der Waals surface area contributed by atoms with Crippen LogP contribution in [-0.2, 0) is 4.79 Å². The Bertz CT molecular complexity index is 869. The van der Waals surface area contributed by atoms with Crippen LogP contribution in [0.2, 0.25) is 0 Å². The number of nitrogens with one attached hydrogen (secondary N) is 2. The van der Waals surface area contributed by atoms with Gasteiger partial charge in [-0.2, -0.15) is 0 Å². The van der Waals surface area contributed by atoms with Crippen molar-refractivity contribution < 1.29 is 4.79 Å². The van der Waals surface area contributed by atoms with Gasteiger partial charge in [0.05, 0.1) is 5.92 Å². The Morgan fingerprint density at radius 3 is 2.63 bits per heavy atom. The predicted molar refractivity (Wildman–Crippen MR) is 130 cm³/mol. The number of anilines is 2. The van der Waals surface area contributed by atoms with Crippen LogP contribution in [-0.4, -0.2) is 66.0 Å². The third kappa shape index (κ3) is 5.00. The molecule has 3 heterocycles. The molecule has 2 aliphatic heterocycles. The van der Waals surface area contributed by atoms with Crippen LogP contribution in [0.15, 0.2) is 47.7 Å². The summed E-state index contributed by atoms with van der Waals surface area (Å²) < 4.78 is 0. The molecule has 2 aliphatic rings. The monoisotopic (exact) mass is 521 g/mol. The summed E-state index contributed by atoms with van der Waals surface area (Å²) in [4.78, 5) is 30.3. The third-order valence-corrected chi connectivity index (χ3v) is 5.34. The van der Waals surface area contributed by atoms with Gasteiger partial charge in [-0.05, 0) is 31.0 Å². The zero-order valence-electron chi connectivity index (χ0n) is 17.1. The van der Waals surface area contributed by atoms with E-state index in [2.05, 4.69) is 37.3 Å². The molecular weight excluding hydrogens is 493 g/mol. The van der Waals surface area contributed by atoms with Crippen molar-refractivity contribution in [2.24, 2.45) is 4.99 Å². The van der Waals surface area contributed by atoms with Crippen molar-refractivity contribution in [3.8, 4) is 0 Å². The number of hydrogen-bond donors (Lipinski definition) is 2. The first-order valence-electron chi connectivity index (χ1n) is 10.2. The lowest BCUT2D eigenvalue weighted by atomic mass is 9.97. The largest absolute Gasteiger partial charge is 0.357 e. The first kappa shape index (κ1) is 22.3. The molecule has 0 radical (unpaired) electrons. The van der Waals surface area contributed by atoms with E-state index in [-0.39, 0.29) is 35.8 Å². The quantitative estimate of drug-likeness (QED) is 0.357. The molecule has 1 unspecified atom stereocenters. The molecule has 30 heavy (non-hydrogen) atoms. The molecule has 4 rings (SSSR count). The minimum absolute atomic E-state index is 0. The topological polar surface area (TPSA) is 85.8 Å². The highest BCUT2D eigenvalue weighted by Gasteiger charge is 2.29. The van der Waals surface area contributed by atoms with E-state index < -0.39 is 0 Å². The molecule has 1 saturated heterocycles. The fraction of sp³-hybridized carbons (Fsp3) is 0.429. The second-order valence-electron chi connectivity index (χ2n) is 7.18. The Labute approximate surface area is 194 Å². The van der Waals surface area contributed by atoms with Gasteiger partial charge in [0.2, 0.25) is 11.9 Å². The second-order valence-corrected chi connectivity index (χ2v) is 7.18. The van der Waals surface area contributed by atoms with E-state index in [9.17, 15) is 4.79 Å². The molecule has 1 amide bonds. The highest BCUT2D eigenvalue weighted by Crippen LogP contribution is 2.34. The van der Waals surface area contributed by atoms with Crippen LogP contribution in [0.25, 0.3) is 0 Å². The van der Waals surface area contributed by atoms with Crippen molar-refractivity contribution in [2.75, 3.05) is 49.5 Å². The number of aromatic nitrogens is 2. The number of fused-ring (bicyclic) bond motifs is 1. The maximum atomic E-state index is 12.3. The van der Waals surface area contributed by atoms with Crippen molar-refractivity contribution in [3.63, 3.8) is 0 Å². The number of para-hydroxylation sites is 1. The highest BCUT2D eigenvalue weighted by molar-refractivity contribution is 14.0. The Kier molecular flexibility index (Phi) is 7.83. The summed E-state index contributed by atoms with van der Waals surface area (Å²) in [5.74, 6) is 1.64. The molecule has 0 saturated carbocycles. The maximum Gasteiger partial charge on any atom is 0.232 e. The van der Waals surface area contributed by atoms with E-state index in [4.69, 9.17) is 4.99 Å². The summed E-state index contributed by atoms with van der Waals surface area (Å²) in [6.45, 7) is 6.92. The minimum atomic E-state index is -0.120. The molecule has 1 aromatic carbocycles. The number of halogens is 1. The highest BCUT2D eigenvalue weighted by atomic mass is 127.